The van der Waals surface area contributed by atoms with E-state index in [1.165, 1.54) is 0 Å². The molecule has 4 rings (SSSR count). The van der Waals surface area contributed by atoms with E-state index in [0.717, 1.165) is 40.8 Å². The Morgan fingerprint density at radius 3 is 2.62 bits per heavy atom. The highest BCUT2D eigenvalue weighted by Gasteiger charge is 2.24. The van der Waals surface area contributed by atoms with Crippen LogP contribution >= 0.6 is 0 Å². The Balaban J connectivity index is 1.40. The Kier molecular flexibility index (Phi) is 4.85. The lowest BCUT2D eigenvalue weighted by Crippen LogP contribution is -2.48. The van der Waals surface area contributed by atoms with Crippen LogP contribution in [0.25, 0.3) is 21.9 Å². The summed E-state index contributed by atoms with van der Waals surface area (Å²) in [5.41, 5.74) is 1.71. The van der Waals surface area contributed by atoms with Crippen LogP contribution in [0.5, 0.6) is 5.75 Å². The number of fused-ring (bicyclic) bond motifs is 3. The highest BCUT2D eigenvalue weighted by molar-refractivity contribution is 6.05. The van der Waals surface area contributed by atoms with Crippen LogP contribution in [0.2, 0.25) is 0 Å². The van der Waals surface area contributed by atoms with Crippen molar-refractivity contribution < 1.29 is 19.0 Å². The molecule has 5 heteroatoms. The minimum Gasteiger partial charge on any atom is -0.491 e. The molecule has 0 amide bonds. The molecule has 2 aromatic carbocycles. The fourth-order valence-corrected chi connectivity index (χ4v) is 3.77. The van der Waals surface area contributed by atoms with Gasteiger partial charge in [0.15, 0.2) is 0 Å². The molecule has 1 aromatic heterocycles. The zero-order valence-corrected chi connectivity index (χ0v) is 15.2. The first-order valence-electron chi connectivity index (χ1n) is 9.18. The number of benzene rings is 2. The summed E-state index contributed by atoms with van der Waals surface area (Å²) in [6, 6.07) is 13.8. The lowest BCUT2D eigenvalue weighted by Gasteiger charge is -2.36. The third kappa shape index (κ3) is 3.70. The number of aliphatic hydroxyl groups excluding tert-OH is 1. The second-order valence-corrected chi connectivity index (χ2v) is 7.20. The normalized spacial score (nSPS) is 22.7. The number of para-hydroxylation sites is 1. The van der Waals surface area contributed by atoms with Crippen molar-refractivity contribution in [1.29, 1.82) is 0 Å². The van der Waals surface area contributed by atoms with Gasteiger partial charge in [-0.15, -0.1) is 0 Å². The first-order valence-corrected chi connectivity index (χ1v) is 9.18. The van der Waals surface area contributed by atoms with Gasteiger partial charge in [-0.3, -0.25) is 4.90 Å². The van der Waals surface area contributed by atoms with Gasteiger partial charge in [-0.05, 0) is 38.1 Å². The Hall–Kier alpha value is -2.08. The first-order chi connectivity index (χ1) is 12.6. The molecule has 0 spiro atoms. The number of aliphatic hydroxyl groups is 1. The first kappa shape index (κ1) is 17.3. The zero-order chi connectivity index (χ0) is 18.1. The molecule has 0 saturated carbocycles. The van der Waals surface area contributed by atoms with E-state index < -0.39 is 6.10 Å². The number of hydrogen-bond donors (Lipinski definition) is 1. The Morgan fingerprint density at radius 2 is 1.81 bits per heavy atom. The maximum atomic E-state index is 10.4. The Morgan fingerprint density at radius 1 is 1.08 bits per heavy atom. The number of nitrogens with zero attached hydrogens (tertiary/aromatic N) is 1. The Labute approximate surface area is 153 Å². The van der Waals surface area contributed by atoms with Crippen LogP contribution in [-0.2, 0) is 4.74 Å². The molecule has 3 atom stereocenters. The molecule has 3 unspecified atom stereocenters. The lowest BCUT2D eigenvalue weighted by atomic mass is 10.1. The fraction of sp³-hybridized carbons (Fsp3) is 0.429. The van der Waals surface area contributed by atoms with Crippen molar-refractivity contribution in [3.63, 3.8) is 0 Å². The van der Waals surface area contributed by atoms with E-state index in [-0.39, 0.29) is 18.8 Å². The van der Waals surface area contributed by atoms with Crippen molar-refractivity contribution in [3.05, 3.63) is 42.5 Å². The average molecular weight is 355 g/mol. The molecule has 26 heavy (non-hydrogen) atoms. The number of β-amino-alcohol motifs (C(OH)–C–C–N with tert-alkyl or cyclic N) is 1. The predicted octanol–water partition coefficient (Wildman–Crippen LogP) is 3.43. The zero-order valence-electron chi connectivity index (χ0n) is 15.2. The van der Waals surface area contributed by atoms with Crippen LogP contribution in [0.3, 0.4) is 0 Å². The molecule has 1 aliphatic rings. The van der Waals surface area contributed by atoms with E-state index in [9.17, 15) is 5.11 Å². The Bertz CT molecular complexity index is 880. The topological polar surface area (TPSA) is 55.1 Å². The van der Waals surface area contributed by atoms with Gasteiger partial charge in [-0.2, -0.15) is 0 Å². The van der Waals surface area contributed by atoms with E-state index in [0.29, 0.717) is 6.54 Å². The fourth-order valence-electron chi connectivity index (χ4n) is 3.77. The smallest absolute Gasteiger partial charge is 0.135 e. The molecule has 1 aliphatic heterocycles. The van der Waals surface area contributed by atoms with Crippen LogP contribution in [0.1, 0.15) is 13.8 Å². The molecule has 1 saturated heterocycles. The van der Waals surface area contributed by atoms with Crippen LogP contribution in [0.15, 0.2) is 46.9 Å². The van der Waals surface area contributed by atoms with E-state index in [1.807, 2.05) is 42.5 Å². The summed E-state index contributed by atoms with van der Waals surface area (Å²) < 4.78 is 17.4. The number of rotatable bonds is 5. The third-order valence-corrected chi connectivity index (χ3v) is 4.75. The van der Waals surface area contributed by atoms with Crippen molar-refractivity contribution >= 4 is 21.9 Å². The van der Waals surface area contributed by atoms with Gasteiger partial charge in [0.05, 0.1) is 12.2 Å². The maximum absolute atomic E-state index is 10.4. The van der Waals surface area contributed by atoms with Gasteiger partial charge in [0.2, 0.25) is 0 Å². The van der Waals surface area contributed by atoms with Crippen LogP contribution in [0, 0.1) is 0 Å². The SMILES string of the molecule is CC1CN(CC(O)COc2ccc3oc4ccccc4c3c2)CC(C)O1. The van der Waals surface area contributed by atoms with Crippen molar-refractivity contribution in [3.8, 4) is 5.75 Å². The minimum absolute atomic E-state index is 0.198. The summed E-state index contributed by atoms with van der Waals surface area (Å²) in [6.07, 6.45) is -0.142. The quantitative estimate of drug-likeness (QED) is 0.760. The maximum Gasteiger partial charge on any atom is 0.135 e. The molecule has 0 bridgehead atoms. The summed E-state index contributed by atoms with van der Waals surface area (Å²) in [4.78, 5) is 2.24. The van der Waals surface area contributed by atoms with Gasteiger partial charge >= 0.3 is 0 Å². The largest absolute Gasteiger partial charge is 0.491 e. The molecule has 138 valence electrons. The molecule has 5 nitrogen and oxygen atoms in total. The summed E-state index contributed by atoms with van der Waals surface area (Å²) in [5.74, 6) is 0.742. The van der Waals surface area contributed by atoms with E-state index >= 15 is 0 Å². The van der Waals surface area contributed by atoms with Crippen molar-refractivity contribution in [2.24, 2.45) is 0 Å². The van der Waals surface area contributed by atoms with Crippen molar-refractivity contribution in [2.45, 2.75) is 32.2 Å². The molecular weight excluding hydrogens is 330 g/mol. The van der Waals surface area contributed by atoms with E-state index in [2.05, 4.69) is 18.7 Å². The summed E-state index contributed by atoms with van der Waals surface area (Å²) in [5, 5.41) is 12.5. The molecule has 0 aliphatic carbocycles. The molecule has 2 heterocycles. The standard InChI is InChI=1S/C21H25NO4/c1-14-10-22(11-15(2)25-14)12-16(23)13-24-17-7-8-21-19(9-17)18-5-3-4-6-20(18)26-21/h3-9,14-16,23H,10-13H2,1-2H3. The number of morpholine rings is 1. The van der Waals surface area contributed by atoms with Crippen LogP contribution in [-0.4, -0.2) is 54.6 Å². The van der Waals surface area contributed by atoms with E-state index in [4.69, 9.17) is 13.9 Å². The summed E-state index contributed by atoms with van der Waals surface area (Å²) in [6.45, 7) is 6.67. The number of hydrogen-bond acceptors (Lipinski definition) is 5. The monoisotopic (exact) mass is 355 g/mol. The van der Waals surface area contributed by atoms with Crippen LogP contribution < -0.4 is 4.74 Å². The third-order valence-electron chi connectivity index (χ3n) is 4.75. The summed E-state index contributed by atoms with van der Waals surface area (Å²) in [7, 11) is 0. The predicted molar refractivity (Wildman–Crippen MR) is 102 cm³/mol. The van der Waals surface area contributed by atoms with Gasteiger partial charge in [-0.25, -0.2) is 0 Å². The summed E-state index contributed by atoms with van der Waals surface area (Å²) >= 11 is 0. The molecular formula is C21H25NO4. The second-order valence-electron chi connectivity index (χ2n) is 7.20. The van der Waals surface area contributed by atoms with Crippen molar-refractivity contribution in [2.75, 3.05) is 26.2 Å². The number of furan rings is 1. The number of ether oxygens (including phenoxy) is 2. The molecule has 0 radical (unpaired) electrons. The average Bonchev–Trinajstić information content (AvgIpc) is 2.97. The van der Waals surface area contributed by atoms with Gasteiger partial charge in [-0.1, -0.05) is 18.2 Å². The second kappa shape index (κ2) is 7.27. The lowest BCUT2D eigenvalue weighted by molar-refractivity contribution is -0.0786. The highest BCUT2D eigenvalue weighted by Crippen LogP contribution is 2.31. The van der Waals surface area contributed by atoms with Crippen molar-refractivity contribution in [1.82, 2.24) is 4.90 Å². The molecule has 3 aromatic rings. The minimum atomic E-state index is -0.538. The van der Waals surface area contributed by atoms with Gasteiger partial charge in [0, 0.05) is 30.4 Å². The van der Waals surface area contributed by atoms with Crippen LogP contribution in [0.4, 0.5) is 0 Å². The molecule has 1 N–H and O–H groups in total. The van der Waals surface area contributed by atoms with Gasteiger partial charge in [0.25, 0.3) is 0 Å². The van der Waals surface area contributed by atoms with Gasteiger partial charge in [0.1, 0.15) is 29.6 Å². The highest BCUT2D eigenvalue weighted by atomic mass is 16.5. The molecule has 1 fully saturated rings. The van der Waals surface area contributed by atoms with Gasteiger partial charge < -0.3 is 19.0 Å². The van der Waals surface area contributed by atoms with E-state index in [1.54, 1.807) is 0 Å².